The zero-order valence-corrected chi connectivity index (χ0v) is 22.5. The van der Waals surface area contributed by atoms with Crippen molar-refractivity contribution in [3.8, 4) is 34.5 Å². The second kappa shape index (κ2) is 11.0. The van der Waals surface area contributed by atoms with Crippen molar-refractivity contribution in [1.29, 1.82) is 0 Å². The third-order valence-corrected chi connectivity index (χ3v) is 5.00. The van der Waals surface area contributed by atoms with Crippen LogP contribution in [0.4, 0.5) is 4.79 Å². The zero-order chi connectivity index (χ0) is 27.4. The molecule has 0 unspecified atom stereocenters. The van der Waals surface area contributed by atoms with Crippen LogP contribution in [0.5, 0.6) is 5.75 Å². The molecule has 0 fully saturated rings. The summed E-state index contributed by atoms with van der Waals surface area (Å²) in [5.74, 6) is 5.13. The van der Waals surface area contributed by atoms with Gasteiger partial charge in [0.1, 0.15) is 11.3 Å². The van der Waals surface area contributed by atoms with Gasteiger partial charge in [-0.05, 0) is 77.9 Å². The van der Waals surface area contributed by atoms with E-state index in [9.17, 15) is 14.7 Å². The van der Waals surface area contributed by atoms with Gasteiger partial charge in [0.25, 0.3) is 5.91 Å². The van der Waals surface area contributed by atoms with Crippen molar-refractivity contribution in [2.24, 2.45) is 0 Å². The highest BCUT2D eigenvalue weighted by Crippen LogP contribution is 2.35. The van der Waals surface area contributed by atoms with Crippen molar-refractivity contribution in [2.75, 3.05) is 6.54 Å². The van der Waals surface area contributed by atoms with E-state index in [1.165, 1.54) is 4.68 Å². The molecule has 1 heterocycles. The topological polar surface area (TPSA) is 105 Å². The van der Waals surface area contributed by atoms with E-state index in [1.807, 2.05) is 20.8 Å². The van der Waals surface area contributed by atoms with Gasteiger partial charge < -0.3 is 20.5 Å². The lowest BCUT2D eigenvalue weighted by atomic mass is 10.1. The van der Waals surface area contributed by atoms with Crippen molar-refractivity contribution < 1.29 is 19.4 Å². The fourth-order valence-corrected chi connectivity index (χ4v) is 3.40. The number of aromatic hydroxyl groups is 1. The molecule has 1 aromatic heterocycles. The summed E-state index contributed by atoms with van der Waals surface area (Å²) in [5.41, 5.74) is 1.16. The normalized spacial score (nSPS) is 11.3. The fourth-order valence-electron chi connectivity index (χ4n) is 3.28. The summed E-state index contributed by atoms with van der Waals surface area (Å²) < 4.78 is 6.69. The van der Waals surface area contributed by atoms with Crippen LogP contribution in [0.1, 0.15) is 57.6 Å². The average molecular weight is 523 g/mol. The van der Waals surface area contributed by atoms with Gasteiger partial charge in [-0.15, -0.1) is 0 Å². The lowest BCUT2D eigenvalue weighted by Gasteiger charge is -2.19. The molecular weight excluding hydrogens is 492 g/mol. The number of nitrogens with one attached hydrogen (secondary N) is 2. The summed E-state index contributed by atoms with van der Waals surface area (Å²) in [6.45, 7) is 11.1. The molecule has 0 radical (unpaired) electrons. The maximum atomic E-state index is 12.9. The molecule has 3 aromatic rings. The Bertz CT molecular complexity index is 1340. The minimum Gasteiger partial charge on any atom is -0.504 e. The molecule has 3 rings (SSSR count). The van der Waals surface area contributed by atoms with Crippen LogP contribution in [-0.2, 0) is 4.74 Å². The van der Waals surface area contributed by atoms with Crippen LogP contribution in [0, 0.1) is 11.8 Å². The second-order valence-corrected chi connectivity index (χ2v) is 10.8. The molecule has 0 saturated heterocycles. The summed E-state index contributed by atoms with van der Waals surface area (Å²) in [6.07, 6.45) is -0.531. The third kappa shape index (κ3) is 7.76. The molecule has 0 aliphatic rings. The number of alkyl carbamates (subject to hydrolysis) is 1. The molecule has 9 heteroatoms. The van der Waals surface area contributed by atoms with E-state index < -0.39 is 23.1 Å². The van der Waals surface area contributed by atoms with Gasteiger partial charge in [-0.2, -0.15) is 5.10 Å². The Morgan fingerprint density at radius 2 is 1.65 bits per heavy atom. The van der Waals surface area contributed by atoms with Crippen molar-refractivity contribution >= 4 is 23.6 Å². The zero-order valence-electron chi connectivity index (χ0n) is 21.8. The van der Waals surface area contributed by atoms with E-state index in [1.54, 1.807) is 69.3 Å². The minimum absolute atomic E-state index is 0.0861. The van der Waals surface area contributed by atoms with Gasteiger partial charge in [0.15, 0.2) is 11.4 Å². The Balaban J connectivity index is 1.89. The van der Waals surface area contributed by atoms with Gasteiger partial charge in [0.05, 0.1) is 12.2 Å². The molecule has 0 spiro atoms. The average Bonchev–Trinajstić information content (AvgIpc) is 3.13. The Morgan fingerprint density at radius 3 is 2.22 bits per heavy atom. The number of hydrogen-bond donors (Lipinski definition) is 3. The first kappa shape index (κ1) is 27.6. The summed E-state index contributed by atoms with van der Waals surface area (Å²) in [5, 5.41) is 21.4. The van der Waals surface area contributed by atoms with E-state index in [2.05, 4.69) is 27.6 Å². The number of nitrogens with zero attached hydrogens (tertiary/aromatic N) is 2. The van der Waals surface area contributed by atoms with Gasteiger partial charge in [-0.25, -0.2) is 9.48 Å². The molecule has 8 nitrogen and oxygen atoms in total. The first-order valence-corrected chi connectivity index (χ1v) is 12.1. The molecule has 194 valence electrons. The maximum absolute atomic E-state index is 12.9. The molecule has 2 aromatic carbocycles. The largest absolute Gasteiger partial charge is 0.504 e. The summed E-state index contributed by atoms with van der Waals surface area (Å²) >= 11 is 6.05. The number of carbonyl (C=O) groups excluding carboxylic acids is 2. The van der Waals surface area contributed by atoms with Crippen LogP contribution in [0.25, 0.3) is 16.9 Å². The van der Waals surface area contributed by atoms with Gasteiger partial charge in [-0.3, -0.25) is 4.79 Å². The lowest BCUT2D eigenvalue weighted by molar-refractivity contribution is 0.0535. The number of amides is 2. The van der Waals surface area contributed by atoms with Crippen LogP contribution in [-0.4, -0.2) is 44.6 Å². The van der Waals surface area contributed by atoms with Crippen LogP contribution in [0.2, 0.25) is 5.02 Å². The van der Waals surface area contributed by atoms with E-state index in [0.29, 0.717) is 27.5 Å². The van der Waals surface area contributed by atoms with Gasteiger partial charge in [-0.1, -0.05) is 35.6 Å². The number of rotatable bonds is 4. The fraction of sp³-hybridized carbons (Fsp3) is 0.321. The molecule has 3 N–H and O–H groups in total. The second-order valence-electron chi connectivity index (χ2n) is 10.4. The number of hydrogen-bond acceptors (Lipinski definition) is 5. The van der Waals surface area contributed by atoms with Crippen molar-refractivity contribution in [2.45, 2.75) is 52.7 Å². The molecule has 0 atom stereocenters. The number of ether oxygens (including phenoxy) is 1. The first-order valence-electron chi connectivity index (χ1n) is 11.7. The van der Waals surface area contributed by atoms with Crippen molar-refractivity contribution in [1.82, 2.24) is 20.4 Å². The van der Waals surface area contributed by atoms with Crippen LogP contribution in [0.3, 0.4) is 0 Å². The molecule has 2 amide bonds. The number of benzene rings is 2. The highest BCUT2D eigenvalue weighted by Gasteiger charge is 2.27. The smallest absolute Gasteiger partial charge is 0.408 e. The van der Waals surface area contributed by atoms with Crippen molar-refractivity contribution in [3.05, 3.63) is 64.8 Å². The Hall–Kier alpha value is -3.96. The SMILES string of the molecule is CC(C)(C)NC(=O)c1nn(-c2ccc(C#CCNC(=O)OC(C)(C)C)cc2)c(-c2ccc(Cl)cc2)c1O. The predicted molar refractivity (Wildman–Crippen MR) is 144 cm³/mol. The molecule has 0 saturated carbocycles. The standard InChI is InChI=1S/C28H31ClN4O4/c1-27(2,3)31-25(35)22-24(34)23(19-11-13-20(29)14-12-19)33(32-22)21-15-9-18(10-16-21)8-7-17-30-26(36)37-28(4,5)6/h9-16,34H,17H2,1-6H3,(H,30,36)(H,31,35). The molecule has 0 aliphatic carbocycles. The highest BCUT2D eigenvalue weighted by molar-refractivity contribution is 6.30. The Labute approximate surface area is 222 Å². The molecule has 37 heavy (non-hydrogen) atoms. The monoisotopic (exact) mass is 522 g/mol. The van der Waals surface area contributed by atoms with Crippen LogP contribution >= 0.6 is 11.6 Å². The minimum atomic E-state index is -0.577. The quantitative estimate of drug-likeness (QED) is 0.403. The van der Waals surface area contributed by atoms with Crippen LogP contribution < -0.4 is 10.6 Å². The third-order valence-electron chi connectivity index (χ3n) is 4.75. The van der Waals surface area contributed by atoms with E-state index in [-0.39, 0.29) is 18.0 Å². The Kier molecular flexibility index (Phi) is 8.19. The summed E-state index contributed by atoms with van der Waals surface area (Å²) in [7, 11) is 0. The molecule has 0 aliphatic heterocycles. The van der Waals surface area contributed by atoms with Gasteiger partial charge in [0.2, 0.25) is 0 Å². The number of aromatic nitrogens is 2. The summed E-state index contributed by atoms with van der Waals surface area (Å²) in [4.78, 5) is 24.6. The van der Waals surface area contributed by atoms with E-state index in [4.69, 9.17) is 16.3 Å². The van der Waals surface area contributed by atoms with Gasteiger partial charge >= 0.3 is 6.09 Å². The van der Waals surface area contributed by atoms with E-state index in [0.717, 1.165) is 0 Å². The predicted octanol–water partition coefficient (Wildman–Crippen LogP) is 5.30. The molecule has 0 bridgehead atoms. The Morgan fingerprint density at radius 1 is 1.03 bits per heavy atom. The van der Waals surface area contributed by atoms with Gasteiger partial charge in [0, 0.05) is 21.7 Å². The maximum Gasteiger partial charge on any atom is 0.408 e. The van der Waals surface area contributed by atoms with E-state index >= 15 is 0 Å². The number of carbonyl (C=O) groups is 2. The highest BCUT2D eigenvalue weighted by atomic mass is 35.5. The molecular formula is C28H31ClN4O4. The van der Waals surface area contributed by atoms with Crippen molar-refractivity contribution in [3.63, 3.8) is 0 Å². The van der Waals surface area contributed by atoms with Crippen LogP contribution in [0.15, 0.2) is 48.5 Å². The lowest BCUT2D eigenvalue weighted by Crippen LogP contribution is -2.40. The summed E-state index contributed by atoms with van der Waals surface area (Å²) in [6, 6.07) is 14.0. The number of halogens is 1. The first-order chi connectivity index (χ1) is 17.2.